The number of sulfonamides is 1. The van der Waals surface area contributed by atoms with Crippen molar-refractivity contribution in [3.8, 4) is 5.75 Å². The Labute approximate surface area is 130 Å². The molecule has 0 radical (unpaired) electrons. The maximum Gasteiger partial charge on any atom is 0.261 e. The van der Waals surface area contributed by atoms with Crippen LogP contribution in [-0.2, 0) is 10.0 Å². The van der Waals surface area contributed by atoms with E-state index >= 15 is 0 Å². The molecule has 106 valence electrons. The van der Waals surface area contributed by atoms with Crippen LogP contribution in [0.1, 0.15) is 0 Å². The molecule has 1 N–H and O–H groups in total. The van der Waals surface area contributed by atoms with Crippen molar-refractivity contribution < 1.29 is 13.2 Å². The summed E-state index contributed by atoms with van der Waals surface area (Å²) < 4.78 is 32.7. The minimum Gasteiger partial charge on any atom is -0.497 e. The van der Waals surface area contributed by atoms with E-state index < -0.39 is 10.0 Å². The second-order valence-corrected chi connectivity index (χ2v) is 6.91. The lowest BCUT2D eigenvalue weighted by Crippen LogP contribution is -2.13. The van der Waals surface area contributed by atoms with Gasteiger partial charge in [-0.05, 0) is 42.5 Å². The maximum absolute atomic E-state index is 12.2. The number of ether oxygens (including phenoxy) is 1. The average Bonchev–Trinajstić information content (AvgIpc) is 2.43. The molecular weight excluding hydrogens is 366 g/mol. The van der Waals surface area contributed by atoms with Crippen LogP contribution in [0.2, 0.25) is 5.02 Å². The van der Waals surface area contributed by atoms with Crippen molar-refractivity contribution in [1.82, 2.24) is 0 Å². The third-order valence-corrected chi connectivity index (χ3v) is 4.75. The molecule has 0 aliphatic carbocycles. The molecule has 0 aromatic heterocycles. The van der Waals surface area contributed by atoms with Gasteiger partial charge < -0.3 is 4.74 Å². The van der Waals surface area contributed by atoms with Gasteiger partial charge in [0.25, 0.3) is 10.0 Å². The first kappa shape index (κ1) is 15.2. The molecule has 0 aliphatic rings. The summed E-state index contributed by atoms with van der Waals surface area (Å²) in [5.41, 5.74) is 0.317. The van der Waals surface area contributed by atoms with Crippen LogP contribution in [-0.4, -0.2) is 15.5 Å². The predicted molar refractivity (Wildman–Crippen MR) is 83.0 cm³/mol. The smallest absolute Gasteiger partial charge is 0.261 e. The normalized spacial score (nSPS) is 11.2. The van der Waals surface area contributed by atoms with Crippen molar-refractivity contribution in [2.75, 3.05) is 11.8 Å². The molecule has 0 amide bonds. The molecule has 0 bridgehead atoms. The molecule has 4 nitrogen and oxygen atoms in total. The van der Waals surface area contributed by atoms with Crippen molar-refractivity contribution in [3.63, 3.8) is 0 Å². The average molecular weight is 377 g/mol. The van der Waals surface area contributed by atoms with Crippen LogP contribution in [0, 0.1) is 0 Å². The first-order valence-corrected chi connectivity index (χ1v) is 8.20. The lowest BCUT2D eigenvalue weighted by Gasteiger charge is -2.10. The maximum atomic E-state index is 12.2. The second-order valence-electron chi connectivity index (χ2n) is 3.91. The van der Waals surface area contributed by atoms with Crippen molar-refractivity contribution in [1.29, 1.82) is 0 Å². The van der Waals surface area contributed by atoms with Gasteiger partial charge in [0.05, 0.1) is 22.7 Å². The van der Waals surface area contributed by atoms with Crippen LogP contribution >= 0.6 is 27.5 Å². The summed E-state index contributed by atoms with van der Waals surface area (Å²) in [7, 11) is -2.17. The quantitative estimate of drug-likeness (QED) is 0.880. The monoisotopic (exact) mass is 375 g/mol. The molecule has 0 atom stereocenters. The van der Waals surface area contributed by atoms with E-state index in [4.69, 9.17) is 16.3 Å². The Morgan fingerprint density at radius 3 is 2.40 bits per heavy atom. The van der Waals surface area contributed by atoms with E-state index in [1.165, 1.54) is 19.2 Å². The minimum atomic E-state index is -3.69. The standard InChI is InChI=1S/C13H11BrClNO3S/c1-19-10-3-5-11(6-4-10)20(17,18)16-13-8-9(14)2-7-12(13)15/h2-8,16H,1H3. The highest BCUT2D eigenvalue weighted by molar-refractivity contribution is 9.10. The first-order chi connectivity index (χ1) is 9.42. The van der Waals surface area contributed by atoms with E-state index in [1.54, 1.807) is 30.3 Å². The third-order valence-electron chi connectivity index (χ3n) is 2.54. The SMILES string of the molecule is COc1ccc(S(=O)(=O)Nc2cc(Br)ccc2Cl)cc1. The lowest BCUT2D eigenvalue weighted by atomic mass is 10.3. The van der Waals surface area contributed by atoms with Crippen LogP contribution in [0.4, 0.5) is 5.69 Å². The predicted octanol–water partition coefficient (Wildman–Crippen LogP) is 3.91. The molecule has 2 aromatic carbocycles. The first-order valence-electron chi connectivity index (χ1n) is 5.54. The summed E-state index contributed by atoms with van der Waals surface area (Å²) in [6.07, 6.45) is 0. The molecule has 20 heavy (non-hydrogen) atoms. The van der Waals surface area contributed by atoms with Gasteiger partial charge in [-0.2, -0.15) is 0 Å². The van der Waals surface area contributed by atoms with Gasteiger partial charge in [-0.3, -0.25) is 4.72 Å². The topological polar surface area (TPSA) is 55.4 Å². The largest absolute Gasteiger partial charge is 0.497 e. The molecular formula is C13H11BrClNO3S. The molecule has 7 heteroatoms. The second kappa shape index (κ2) is 6.03. The number of halogens is 2. The van der Waals surface area contributed by atoms with Gasteiger partial charge in [0.2, 0.25) is 0 Å². The summed E-state index contributed by atoms with van der Waals surface area (Å²) >= 11 is 9.24. The highest BCUT2D eigenvalue weighted by Crippen LogP contribution is 2.28. The van der Waals surface area contributed by atoms with Crippen molar-refractivity contribution >= 4 is 43.2 Å². The number of methoxy groups -OCH3 is 1. The van der Waals surface area contributed by atoms with E-state index in [-0.39, 0.29) is 4.90 Å². The van der Waals surface area contributed by atoms with Gasteiger partial charge in [-0.1, -0.05) is 27.5 Å². The molecule has 0 spiro atoms. The number of hydrogen-bond acceptors (Lipinski definition) is 3. The highest BCUT2D eigenvalue weighted by Gasteiger charge is 2.16. The molecule has 0 aliphatic heterocycles. The molecule has 0 unspecified atom stereocenters. The molecule has 0 fully saturated rings. The summed E-state index contributed by atoms with van der Waals surface area (Å²) in [6, 6.07) is 11.0. The molecule has 0 saturated heterocycles. The zero-order valence-electron chi connectivity index (χ0n) is 10.4. The number of hydrogen-bond donors (Lipinski definition) is 1. The van der Waals surface area contributed by atoms with Crippen LogP contribution in [0.25, 0.3) is 0 Å². The Kier molecular flexibility index (Phi) is 4.57. The molecule has 2 rings (SSSR count). The van der Waals surface area contributed by atoms with E-state index in [9.17, 15) is 8.42 Å². The summed E-state index contributed by atoms with van der Waals surface area (Å²) in [5.74, 6) is 0.587. The third kappa shape index (κ3) is 3.45. The Hall–Kier alpha value is -1.24. The van der Waals surface area contributed by atoms with E-state index in [0.29, 0.717) is 16.5 Å². The van der Waals surface area contributed by atoms with E-state index in [1.807, 2.05) is 0 Å². The van der Waals surface area contributed by atoms with Crippen LogP contribution < -0.4 is 9.46 Å². The Morgan fingerprint density at radius 1 is 1.15 bits per heavy atom. The minimum absolute atomic E-state index is 0.134. The number of anilines is 1. The zero-order valence-corrected chi connectivity index (χ0v) is 13.6. The number of benzene rings is 2. The van der Waals surface area contributed by atoms with Gasteiger partial charge in [0.1, 0.15) is 5.75 Å². The Balaban J connectivity index is 2.32. The Morgan fingerprint density at radius 2 is 1.80 bits per heavy atom. The van der Waals surface area contributed by atoms with Gasteiger partial charge in [-0.15, -0.1) is 0 Å². The van der Waals surface area contributed by atoms with Gasteiger partial charge >= 0.3 is 0 Å². The van der Waals surface area contributed by atoms with Gasteiger partial charge in [0, 0.05) is 4.47 Å². The fourth-order valence-electron chi connectivity index (χ4n) is 1.53. The lowest BCUT2D eigenvalue weighted by molar-refractivity contribution is 0.414. The van der Waals surface area contributed by atoms with Crippen molar-refractivity contribution in [2.45, 2.75) is 4.90 Å². The van der Waals surface area contributed by atoms with Crippen molar-refractivity contribution in [2.24, 2.45) is 0 Å². The zero-order chi connectivity index (χ0) is 14.8. The van der Waals surface area contributed by atoms with E-state index in [0.717, 1.165) is 4.47 Å². The fraction of sp³-hybridized carbons (Fsp3) is 0.0769. The molecule has 2 aromatic rings. The van der Waals surface area contributed by atoms with Crippen LogP contribution in [0.15, 0.2) is 51.8 Å². The fourth-order valence-corrected chi connectivity index (χ4v) is 3.19. The highest BCUT2D eigenvalue weighted by atomic mass is 79.9. The van der Waals surface area contributed by atoms with Crippen LogP contribution in [0.3, 0.4) is 0 Å². The number of rotatable bonds is 4. The van der Waals surface area contributed by atoms with Crippen molar-refractivity contribution in [3.05, 3.63) is 52.0 Å². The van der Waals surface area contributed by atoms with Gasteiger partial charge in [-0.25, -0.2) is 8.42 Å². The Bertz CT molecular complexity index is 717. The van der Waals surface area contributed by atoms with Crippen LogP contribution in [0.5, 0.6) is 5.75 Å². The summed E-state index contributed by atoms with van der Waals surface area (Å²) in [4.78, 5) is 0.134. The van der Waals surface area contributed by atoms with Gasteiger partial charge in [0.15, 0.2) is 0 Å². The molecule has 0 saturated carbocycles. The van der Waals surface area contributed by atoms with E-state index in [2.05, 4.69) is 20.7 Å². The number of nitrogens with one attached hydrogen (secondary N) is 1. The molecule has 0 heterocycles. The summed E-state index contributed by atoms with van der Waals surface area (Å²) in [6.45, 7) is 0. The summed E-state index contributed by atoms with van der Waals surface area (Å²) in [5, 5.41) is 0.324.